The molecule has 0 aliphatic rings. The highest BCUT2D eigenvalue weighted by molar-refractivity contribution is 7.98. The van der Waals surface area contributed by atoms with Crippen molar-refractivity contribution in [3.8, 4) is 0 Å². The second-order valence-electron chi connectivity index (χ2n) is 10.7. The third kappa shape index (κ3) is 8.11. The Bertz CT molecular complexity index is 1390. The van der Waals surface area contributed by atoms with E-state index < -0.39 is 34.1 Å². The molecule has 7 nitrogen and oxygen atoms in total. The fraction of sp³-hybridized carbons (Fsp3) is 0.355. The number of nitrogens with one attached hydrogen (secondary N) is 1. The van der Waals surface area contributed by atoms with Gasteiger partial charge in [-0.25, -0.2) is 8.42 Å². The molecule has 9 heteroatoms. The van der Waals surface area contributed by atoms with Gasteiger partial charge in [0.1, 0.15) is 12.6 Å². The van der Waals surface area contributed by atoms with Gasteiger partial charge in [0.25, 0.3) is 10.0 Å². The van der Waals surface area contributed by atoms with E-state index in [4.69, 9.17) is 0 Å². The lowest BCUT2D eigenvalue weighted by Crippen LogP contribution is -2.55. The van der Waals surface area contributed by atoms with Crippen LogP contribution in [-0.4, -0.2) is 49.5 Å². The quantitative estimate of drug-likeness (QED) is 0.297. The molecule has 0 saturated heterocycles. The standard InChI is InChI=1S/C31H39N3O4S2/c1-7-28(30(36)32-31(3,4)5)33(21-24-11-9-8-10-12-24)29(35)22-34(25-15-13-23(2)14-16-25)40(37,38)27-19-17-26(39-6)18-20-27/h8-20,28H,7,21-22H2,1-6H3,(H,32,36). The lowest BCUT2D eigenvalue weighted by atomic mass is 10.1. The normalized spacial score (nSPS) is 12.4. The van der Waals surface area contributed by atoms with Crippen LogP contribution in [0.1, 0.15) is 45.2 Å². The van der Waals surface area contributed by atoms with Crippen LogP contribution in [0.5, 0.6) is 0 Å². The Hall–Kier alpha value is -3.30. The summed E-state index contributed by atoms with van der Waals surface area (Å²) < 4.78 is 29.1. The third-order valence-corrected chi connectivity index (χ3v) is 8.86. The molecule has 0 saturated carbocycles. The molecule has 214 valence electrons. The molecule has 3 rings (SSSR count). The number of thioether (sulfide) groups is 1. The van der Waals surface area contributed by atoms with Crippen LogP contribution in [-0.2, 0) is 26.2 Å². The zero-order chi connectivity index (χ0) is 29.5. The van der Waals surface area contributed by atoms with Crippen molar-refractivity contribution < 1.29 is 18.0 Å². The number of aryl methyl sites for hydroxylation is 1. The Morgan fingerprint density at radius 3 is 2.05 bits per heavy atom. The number of nitrogens with zero attached hydrogens (tertiary/aromatic N) is 2. The summed E-state index contributed by atoms with van der Waals surface area (Å²) in [6, 6.07) is 22.2. The second kappa shape index (κ2) is 13.4. The molecule has 0 aliphatic carbocycles. The highest BCUT2D eigenvalue weighted by atomic mass is 32.2. The molecule has 0 fully saturated rings. The van der Waals surface area contributed by atoms with E-state index in [9.17, 15) is 18.0 Å². The molecule has 2 amide bonds. The lowest BCUT2D eigenvalue weighted by Gasteiger charge is -2.34. The Balaban J connectivity index is 2.05. The van der Waals surface area contributed by atoms with Gasteiger partial charge in [-0.2, -0.15) is 0 Å². The molecule has 0 aromatic heterocycles. The number of amides is 2. The van der Waals surface area contributed by atoms with Gasteiger partial charge in [-0.05, 0) is 82.3 Å². The van der Waals surface area contributed by atoms with Crippen molar-refractivity contribution in [2.24, 2.45) is 0 Å². The van der Waals surface area contributed by atoms with Crippen molar-refractivity contribution in [3.63, 3.8) is 0 Å². The lowest BCUT2D eigenvalue weighted by molar-refractivity contribution is -0.141. The molecule has 1 unspecified atom stereocenters. The number of carbonyl (C=O) groups is 2. The first-order valence-electron chi connectivity index (χ1n) is 13.2. The smallest absolute Gasteiger partial charge is 0.264 e. The van der Waals surface area contributed by atoms with Crippen molar-refractivity contribution in [2.45, 2.75) is 69.0 Å². The molecule has 0 spiro atoms. The van der Waals surface area contributed by atoms with Crippen LogP contribution in [0.25, 0.3) is 0 Å². The summed E-state index contributed by atoms with van der Waals surface area (Å²) in [6.45, 7) is 9.12. The third-order valence-electron chi connectivity index (χ3n) is 6.33. The van der Waals surface area contributed by atoms with Gasteiger partial charge >= 0.3 is 0 Å². The van der Waals surface area contributed by atoms with Gasteiger partial charge < -0.3 is 10.2 Å². The van der Waals surface area contributed by atoms with Crippen LogP contribution < -0.4 is 9.62 Å². The van der Waals surface area contributed by atoms with E-state index in [2.05, 4.69) is 5.32 Å². The summed E-state index contributed by atoms with van der Waals surface area (Å²) in [5.74, 6) is -0.749. The van der Waals surface area contributed by atoms with Gasteiger partial charge in [0.15, 0.2) is 0 Å². The van der Waals surface area contributed by atoms with E-state index in [0.717, 1.165) is 20.3 Å². The minimum Gasteiger partial charge on any atom is -0.350 e. The maximum atomic E-state index is 14.1. The average Bonchev–Trinajstić information content (AvgIpc) is 2.91. The van der Waals surface area contributed by atoms with Gasteiger partial charge in [-0.15, -0.1) is 11.8 Å². The number of hydrogen-bond donors (Lipinski definition) is 1. The van der Waals surface area contributed by atoms with Gasteiger partial charge in [0.2, 0.25) is 11.8 Å². The molecule has 3 aromatic carbocycles. The first-order valence-corrected chi connectivity index (χ1v) is 15.9. The van der Waals surface area contributed by atoms with Crippen molar-refractivity contribution in [1.82, 2.24) is 10.2 Å². The number of rotatable bonds is 11. The zero-order valence-electron chi connectivity index (χ0n) is 24.0. The summed E-state index contributed by atoms with van der Waals surface area (Å²) in [5.41, 5.74) is 1.69. The van der Waals surface area contributed by atoms with Gasteiger partial charge in [0.05, 0.1) is 10.6 Å². The summed E-state index contributed by atoms with van der Waals surface area (Å²) >= 11 is 1.51. The number of sulfonamides is 1. The molecule has 0 aliphatic heterocycles. The molecule has 0 heterocycles. The van der Waals surface area contributed by atoms with Crippen molar-refractivity contribution in [3.05, 3.63) is 90.0 Å². The fourth-order valence-electron chi connectivity index (χ4n) is 4.27. The van der Waals surface area contributed by atoms with Crippen LogP contribution in [0, 0.1) is 6.92 Å². The minimum absolute atomic E-state index is 0.0887. The summed E-state index contributed by atoms with van der Waals surface area (Å²) in [4.78, 5) is 30.0. The Labute approximate surface area is 243 Å². The SMILES string of the molecule is CCC(C(=O)NC(C)(C)C)N(Cc1ccccc1)C(=O)CN(c1ccc(C)cc1)S(=O)(=O)c1ccc(SC)cc1. The van der Waals surface area contributed by atoms with Crippen LogP contribution in [0.2, 0.25) is 0 Å². The van der Waals surface area contributed by atoms with E-state index in [0.29, 0.717) is 12.1 Å². The highest BCUT2D eigenvalue weighted by Gasteiger charge is 2.34. The predicted molar refractivity (Wildman–Crippen MR) is 163 cm³/mol. The molecule has 0 radical (unpaired) electrons. The van der Waals surface area contributed by atoms with Crippen molar-refractivity contribution in [1.29, 1.82) is 0 Å². The van der Waals surface area contributed by atoms with Crippen molar-refractivity contribution >= 4 is 39.3 Å². The summed E-state index contributed by atoms with van der Waals surface area (Å²) in [5, 5.41) is 2.98. The van der Waals surface area contributed by atoms with Gasteiger partial charge in [0, 0.05) is 17.0 Å². The Morgan fingerprint density at radius 2 is 1.52 bits per heavy atom. The second-order valence-corrected chi connectivity index (χ2v) is 13.4. The average molecular weight is 582 g/mol. The number of anilines is 1. The highest BCUT2D eigenvalue weighted by Crippen LogP contribution is 2.27. The van der Waals surface area contributed by atoms with Crippen molar-refractivity contribution in [2.75, 3.05) is 17.1 Å². The van der Waals surface area contributed by atoms with Crippen LogP contribution in [0.15, 0.2) is 88.7 Å². The molecule has 0 bridgehead atoms. The Kier molecular flexibility index (Phi) is 10.4. The largest absolute Gasteiger partial charge is 0.350 e. The van der Waals surface area contributed by atoms with Crippen LogP contribution in [0.3, 0.4) is 0 Å². The van der Waals surface area contributed by atoms with Gasteiger partial charge in [-0.3, -0.25) is 13.9 Å². The number of carbonyl (C=O) groups excluding carboxylic acids is 2. The molecule has 1 N–H and O–H groups in total. The number of hydrogen-bond acceptors (Lipinski definition) is 5. The Morgan fingerprint density at radius 1 is 0.925 bits per heavy atom. The molecule has 3 aromatic rings. The molecular weight excluding hydrogens is 542 g/mol. The molecular formula is C31H39N3O4S2. The first-order chi connectivity index (χ1) is 18.9. The number of benzene rings is 3. The summed E-state index contributed by atoms with van der Waals surface area (Å²) in [7, 11) is -4.10. The predicted octanol–water partition coefficient (Wildman–Crippen LogP) is 5.63. The van der Waals surface area contributed by atoms with E-state index in [1.54, 1.807) is 36.4 Å². The molecule has 40 heavy (non-hydrogen) atoms. The zero-order valence-corrected chi connectivity index (χ0v) is 25.7. The topological polar surface area (TPSA) is 86.8 Å². The van der Waals surface area contributed by atoms with Crippen LogP contribution >= 0.6 is 11.8 Å². The van der Waals surface area contributed by atoms with E-state index in [1.165, 1.54) is 16.7 Å². The van der Waals surface area contributed by atoms with E-state index in [1.807, 2.05) is 83.3 Å². The maximum Gasteiger partial charge on any atom is 0.264 e. The molecule has 1 atom stereocenters. The summed E-state index contributed by atoms with van der Waals surface area (Å²) in [6.07, 6.45) is 2.29. The monoisotopic (exact) mass is 581 g/mol. The minimum atomic E-state index is -4.10. The van der Waals surface area contributed by atoms with Crippen LogP contribution in [0.4, 0.5) is 5.69 Å². The first kappa shape index (κ1) is 31.2. The van der Waals surface area contributed by atoms with E-state index in [-0.39, 0.29) is 17.3 Å². The maximum absolute atomic E-state index is 14.1. The fourth-order valence-corrected chi connectivity index (χ4v) is 6.09. The van der Waals surface area contributed by atoms with E-state index >= 15 is 0 Å². The van der Waals surface area contributed by atoms with Gasteiger partial charge in [-0.1, -0.05) is 55.0 Å².